The van der Waals surface area contributed by atoms with Gasteiger partial charge in [0.05, 0.1) is 11.4 Å². The summed E-state index contributed by atoms with van der Waals surface area (Å²) in [5.41, 5.74) is 22.3. The average Bonchev–Trinajstić information content (AvgIpc) is 3.23. The van der Waals surface area contributed by atoms with Gasteiger partial charge in [-0.05, 0) is 51.6 Å². The lowest BCUT2D eigenvalue weighted by Gasteiger charge is -2.33. The third kappa shape index (κ3) is 7.72. The van der Waals surface area contributed by atoms with Crippen molar-refractivity contribution in [3.63, 3.8) is 0 Å². The van der Waals surface area contributed by atoms with Crippen LogP contribution in [-0.2, 0) is 21.7 Å². The Kier molecular flexibility index (Phi) is 10.7. The zero-order valence-electron chi connectivity index (χ0n) is 35.1. The number of nitrogen functional groups attached to an aromatic ring is 2. The van der Waals surface area contributed by atoms with Gasteiger partial charge in [-0.25, -0.2) is 0 Å². The van der Waals surface area contributed by atoms with E-state index in [4.69, 9.17) is 20.9 Å². The summed E-state index contributed by atoms with van der Waals surface area (Å²) in [5, 5.41) is 0. The molecule has 0 aliphatic rings. The molecule has 0 heterocycles. The van der Waals surface area contributed by atoms with Crippen LogP contribution in [0, 0.1) is 0 Å². The van der Waals surface area contributed by atoms with Crippen molar-refractivity contribution in [2.24, 2.45) is 0 Å². The van der Waals surface area contributed by atoms with Crippen molar-refractivity contribution in [3.8, 4) is 23.0 Å². The standard InChI is InChI=1S/C54H56N2O2/c1-51(2,37-21-13-9-14-22-37)41-29-31-47(43(33-41)53(5,6)39-25-17-11-18-26-39)57-49-36-50(46(56)35-45(49)55)58-48-32-30-42(52(3,4)38-23-15-10-16-24-38)34-44(48)54(7,8)40-27-19-12-20-28-40/h9-36H,55-56H2,1-8H3. The summed E-state index contributed by atoms with van der Waals surface area (Å²) in [6.07, 6.45) is 0. The third-order valence-electron chi connectivity index (χ3n) is 12.3. The minimum absolute atomic E-state index is 0.250. The Morgan fingerprint density at radius 3 is 0.897 bits per heavy atom. The first-order valence-electron chi connectivity index (χ1n) is 20.2. The Morgan fingerprint density at radius 1 is 0.293 bits per heavy atom. The number of benzene rings is 7. The Morgan fingerprint density at radius 2 is 0.586 bits per heavy atom. The molecule has 0 saturated heterocycles. The van der Waals surface area contributed by atoms with E-state index in [1.165, 1.54) is 33.4 Å². The number of rotatable bonds is 12. The van der Waals surface area contributed by atoms with Crippen LogP contribution in [0.3, 0.4) is 0 Å². The number of hydrogen-bond donors (Lipinski definition) is 2. The Bertz CT molecular complexity index is 2330. The van der Waals surface area contributed by atoms with Gasteiger partial charge in [0.1, 0.15) is 11.5 Å². The van der Waals surface area contributed by atoms with Crippen LogP contribution in [0.15, 0.2) is 170 Å². The maximum absolute atomic E-state index is 6.87. The fourth-order valence-electron chi connectivity index (χ4n) is 8.07. The van der Waals surface area contributed by atoms with Gasteiger partial charge in [0, 0.05) is 38.9 Å². The molecule has 0 atom stereocenters. The zero-order valence-corrected chi connectivity index (χ0v) is 35.1. The molecule has 0 bridgehead atoms. The summed E-state index contributed by atoms with van der Waals surface area (Å²) in [5.74, 6) is 2.36. The highest BCUT2D eigenvalue weighted by atomic mass is 16.5. The van der Waals surface area contributed by atoms with E-state index in [2.05, 4.69) is 201 Å². The zero-order chi connectivity index (χ0) is 41.3. The van der Waals surface area contributed by atoms with E-state index in [1.807, 2.05) is 18.2 Å². The van der Waals surface area contributed by atoms with Crippen molar-refractivity contribution in [1.82, 2.24) is 0 Å². The van der Waals surface area contributed by atoms with Crippen LogP contribution in [0.2, 0.25) is 0 Å². The van der Waals surface area contributed by atoms with E-state index >= 15 is 0 Å². The van der Waals surface area contributed by atoms with Gasteiger partial charge in [-0.3, -0.25) is 0 Å². The molecule has 7 aromatic rings. The smallest absolute Gasteiger partial charge is 0.154 e. The fourth-order valence-corrected chi connectivity index (χ4v) is 8.07. The van der Waals surface area contributed by atoms with Crippen LogP contribution in [0.4, 0.5) is 11.4 Å². The molecule has 0 radical (unpaired) electrons. The van der Waals surface area contributed by atoms with Gasteiger partial charge in [0.2, 0.25) is 0 Å². The van der Waals surface area contributed by atoms with Crippen LogP contribution in [0.1, 0.15) is 99.9 Å². The molecule has 4 N–H and O–H groups in total. The molecule has 0 unspecified atom stereocenters. The molecule has 58 heavy (non-hydrogen) atoms. The summed E-state index contributed by atoms with van der Waals surface area (Å²) in [6.45, 7) is 18.0. The molecule has 4 heteroatoms. The van der Waals surface area contributed by atoms with E-state index in [0.29, 0.717) is 34.4 Å². The summed E-state index contributed by atoms with van der Waals surface area (Å²) < 4.78 is 13.7. The fraction of sp³-hybridized carbons (Fsp3) is 0.222. The lowest BCUT2D eigenvalue weighted by atomic mass is 9.73. The SMILES string of the molecule is CC(C)(c1ccccc1)c1ccc(Oc2cc(Oc3ccc(C(C)(C)c4ccccc4)cc3C(C)(C)c3ccccc3)c(N)cc2N)c(C(C)(C)c2ccccc2)c1. The molecule has 0 aliphatic heterocycles. The average molecular weight is 765 g/mol. The predicted molar refractivity (Wildman–Crippen MR) is 243 cm³/mol. The van der Waals surface area contributed by atoms with E-state index in [-0.39, 0.29) is 10.8 Å². The molecule has 0 saturated carbocycles. The molecular formula is C54H56N2O2. The number of anilines is 2. The van der Waals surface area contributed by atoms with Crippen molar-refractivity contribution in [3.05, 3.63) is 214 Å². The Hall–Kier alpha value is -6.26. The molecule has 7 rings (SSSR count). The van der Waals surface area contributed by atoms with E-state index < -0.39 is 10.8 Å². The highest BCUT2D eigenvalue weighted by Crippen LogP contribution is 2.47. The van der Waals surface area contributed by atoms with Gasteiger partial charge < -0.3 is 20.9 Å². The summed E-state index contributed by atoms with van der Waals surface area (Å²) in [6, 6.07) is 59.0. The van der Waals surface area contributed by atoms with Crippen molar-refractivity contribution in [1.29, 1.82) is 0 Å². The van der Waals surface area contributed by atoms with E-state index in [9.17, 15) is 0 Å². The van der Waals surface area contributed by atoms with Gasteiger partial charge in [-0.2, -0.15) is 0 Å². The second kappa shape index (κ2) is 15.6. The molecule has 7 aromatic carbocycles. The van der Waals surface area contributed by atoms with Gasteiger partial charge >= 0.3 is 0 Å². The van der Waals surface area contributed by atoms with Gasteiger partial charge in [-0.15, -0.1) is 0 Å². The topological polar surface area (TPSA) is 70.5 Å². The molecule has 4 nitrogen and oxygen atoms in total. The normalized spacial score (nSPS) is 12.3. The molecular weight excluding hydrogens is 709 g/mol. The summed E-state index contributed by atoms with van der Waals surface area (Å²) in [7, 11) is 0. The number of nitrogens with two attached hydrogens (primary N) is 2. The highest BCUT2D eigenvalue weighted by molar-refractivity contribution is 5.70. The molecule has 0 spiro atoms. The number of hydrogen-bond acceptors (Lipinski definition) is 4. The predicted octanol–water partition coefficient (Wildman–Crippen LogP) is 13.7. The lowest BCUT2D eigenvalue weighted by Crippen LogP contribution is -2.23. The van der Waals surface area contributed by atoms with Gasteiger partial charge in [0.15, 0.2) is 11.5 Å². The van der Waals surface area contributed by atoms with E-state index in [1.54, 1.807) is 6.07 Å². The van der Waals surface area contributed by atoms with Crippen molar-refractivity contribution in [2.75, 3.05) is 11.5 Å². The van der Waals surface area contributed by atoms with E-state index in [0.717, 1.165) is 11.1 Å². The Balaban J connectivity index is 1.31. The van der Waals surface area contributed by atoms with Gasteiger partial charge in [-0.1, -0.05) is 201 Å². The minimum atomic E-state index is -0.408. The molecule has 0 aromatic heterocycles. The monoisotopic (exact) mass is 764 g/mol. The lowest BCUT2D eigenvalue weighted by molar-refractivity contribution is 0.444. The van der Waals surface area contributed by atoms with Crippen molar-refractivity contribution in [2.45, 2.75) is 77.0 Å². The molecule has 0 fully saturated rings. The first kappa shape index (κ1) is 40.0. The summed E-state index contributed by atoms with van der Waals surface area (Å²) >= 11 is 0. The first-order valence-corrected chi connectivity index (χ1v) is 20.2. The van der Waals surface area contributed by atoms with Crippen LogP contribution >= 0.6 is 0 Å². The quantitative estimate of drug-likeness (QED) is 0.122. The largest absolute Gasteiger partial charge is 0.455 e. The van der Waals surface area contributed by atoms with Crippen LogP contribution in [0.5, 0.6) is 23.0 Å². The molecule has 294 valence electrons. The van der Waals surface area contributed by atoms with Crippen molar-refractivity contribution < 1.29 is 9.47 Å². The maximum Gasteiger partial charge on any atom is 0.154 e. The highest BCUT2D eigenvalue weighted by Gasteiger charge is 2.33. The van der Waals surface area contributed by atoms with Gasteiger partial charge in [0.25, 0.3) is 0 Å². The van der Waals surface area contributed by atoms with Crippen LogP contribution in [0.25, 0.3) is 0 Å². The summed E-state index contributed by atoms with van der Waals surface area (Å²) in [4.78, 5) is 0. The minimum Gasteiger partial charge on any atom is -0.455 e. The van der Waals surface area contributed by atoms with Crippen molar-refractivity contribution >= 4 is 11.4 Å². The van der Waals surface area contributed by atoms with Crippen LogP contribution in [-0.4, -0.2) is 0 Å². The van der Waals surface area contributed by atoms with Crippen LogP contribution < -0.4 is 20.9 Å². The number of ether oxygens (including phenoxy) is 2. The Labute approximate surface area is 345 Å². The molecule has 0 aliphatic carbocycles. The second-order valence-corrected chi connectivity index (χ2v) is 17.5. The first-order chi connectivity index (χ1) is 27.6. The third-order valence-corrected chi connectivity index (χ3v) is 12.3. The molecule has 0 amide bonds. The second-order valence-electron chi connectivity index (χ2n) is 17.5. The maximum atomic E-state index is 6.87.